The van der Waals surface area contributed by atoms with Crippen molar-refractivity contribution in [3.8, 4) is 11.1 Å². The SMILES string of the molecule is O=C(O)CC1(NC(=O)c2ccc3n[nH]nc3c2)C[C@H]1c1ccc(-c2ccccc2)cc1. The van der Waals surface area contributed by atoms with Gasteiger partial charge in [-0.25, -0.2) is 0 Å². The van der Waals surface area contributed by atoms with E-state index >= 15 is 0 Å². The Balaban J connectivity index is 1.37. The van der Waals surface area contributed by atoms with Gasteiger partial charge in [0.05, 0.1) is 12.0 Å². The first-order valence-electron chi connectivity index (χ1n) is 10.0. The molecule has 1 unspecified atom stereocenters. The average Bonchev–Trinajstić information content (AvgIpc) is 3.25. The van der Waals surface area contributed by atoms with Crippen molar-refractivity contribution < 1.29 is 14.7 Å². The summed E-state index contributed by atoms with van der Waals surface area (Å²) in [5.41, 5.74) is 4.13. The number of amides is 1. The fourth-order valence-corrected chi connectivity index (χ4v) is 4.21. The number of nitrogens with one attached hydrogen (secondary N) is 2. The van der Waals surface area contributed by atoms with Crippen molar-refractivity contribution in [3.05, 3.63) is 83.9 Å². The molecule has 1 aromatic heterocycles. The minimum Gasteiger partial charge on any atom is -0.481 e. The molecule has 0 spiro atoms. The number of carbonyl (C=O) groups excluding carboxylic acids is 1. The zero-order valence-corrected chi connectivity index (χ0v) is 16.6. The summed E-state index contributed by atoms with van der Waals surface area (Å²) < 4.78 is 0. The van der Waals surface area contributed by atoms with Crippen molar-refractivity contribution in [2.24, 2.45) is 0 Å². The van der Waals surface area contributed by atoms with Gasteiger partial charge in [-0.05, 0) is 41.3 Å². The highest BCUT2D eigenvalue weighted by Crippen LogP contribution is 2.54. The van der Waals surface area contributed by atoms with Crippen LogP contribution in [0.4, 0.5) is 0 Å². The van der Waals surface area contributed by atoms with Crippen molar-refractivity contribution in [3.63, 3.8) is 0 Å². The predicted octanol–water partition coefficient (Wildman–Crippen LogP) is 3.76. The summed E-state index contributed by atoms with van der Waals surface area (Å²) in [6, 6.07) is 23.2. The largest absolute Gasteiger partial charge is 0.481 e. The quantitative estimate of drug-likeness (QED) is 0.447. The monoisotopic (exact) mass is 412 g/mol. The third kappa shape index (κ3) is 3.66. The number of rotatable bonds is 6. The lowest BCUT2D eigenvalue weighted by molar-refractivity contribution is -0.137. The number of carboxylic acids is 1. The molecule has 0 bridgehead atoms. The van der Waals surface area contributed by atoms with Gasteiger partial charge in [-0.1, -0.05) is 54.6 Å². The molecule has 0 aliphatic heterocycles. The molecule has 3 N–H and O–H groups in total. The van der Waals surface area contributed by atoms with Gasteiger partial charge in [0.1, 0.15) is 11.0 Å². The molecule has 2 atom stereocenters. The summed E-state index contributed by atoms with van der Waals surface area (Å²) >= 11 is 0. The first-order valence-corrected chi connectivity index (χ1v) is 10.0. The number of aliphatic carboxylic acids is 1. The second-order valence-electron chi connectivity index (χ2n) is 7.95. The first-order chi connectivity index (χ1) is 15.0. The molecule has 1 fully saturated rings. The Labute approximate surface area is 178 Å². The fourth-order valence-electron chi connectivity index (χ4n) is 4.21. The van der Waals surface area contributed by atoms with Crippen LogP contribution in [0.2, 0.25) is 0 Å². The van der Waals surface area contributed by atoms with Crippen molar-refractivity contribution in [2.45, 2.75) is 24.3 Å². The van der Waals surface area contributed by atoms with Crippen molar-refractivity contribution >= 4 is 22.9 Å². The van der Waals surface area contributed by atoms with Crippen molar-refractivity contribution in [2.75, 3.05) is 0 Å². The second kappa shape index (κ2) is 7.36. The Morgan fingerprint density at radius 2 is 1.68 bits per heavy atom. The highest BCUT2D eigenvalue weighted by Gasteiger charge is 2.57. The lowest BCUT2D eigenvalue weighted by Gasteiger charge is -2.18. The van der Waals surface area contributed by atoms with Crippen molar-refractivity contribution in [1.82, 2.24) is 20.7 Å². The maximum absolute atomic E-state index is 12.9. The van der Waals surface area contributed by atoms with Crippen LogP contribution in [0.15, 0.2) is 72.8 Å². The van der Waals surface area contributed by atoms with Crippen LogP contribution in [-0.2, 0) is 4.79 Å². The summed E-state index contributed by atoms with van der Waals surface area (Å²) in [6.07, 6.45) is 0.456. The molecule has 5 rings (SSSR count). The molecule has 31 heavy (non-hydrogen) atoms. The Morgan fingerprint density at radius 3 is 2.42 bits per heavy atom. The minimum atomic E-state index is -0.935. The third-order valence-electron chi connectivity index (χ3n) is 5.90. The molecule has 1 aliphatic rings. The van der Waals surface area contributed by atoms with E-state index in [-0.39, 0.29) is 18.2 Å². The summed E-state index contributed by atoms with van der Waals surface area (Å²) in [6.45, 7) is 0. The number of carboxylic acid groups (broad SMARTS) is 1. The highest BCUT2D eigenvalue weighted by molar-refractivity contribution is 5.98. The number of benzene rings is 3. The number of aromatic nitrogens is 3. The lowest BCUT2D eigenvalue weighted by atomic mass is 9.99. The number of aromatic amines is 1. The van der Waals surface area contributed by atoms with E-state index < -0.39 is 11.5 Å². The Hall–Kier alpha value is -4.00. The fraction of sp³-hybridized carbons (Fsp3) is 0.167. The topological polar surface area (TPSA) is 108 Å². The molecular formula is C24H20N4O3. The van der Waals surface area contributed by atoms with E-state index in [1.165, 1.54) is 0 Å². The molecule has 7 nitrogen and oxygen atoms in total. The average molecular weight is 412 g/mol. The van der Waals surface area contributed by atoms with Gasteiger partial charge in [0.2, 0.25) is 0 Å². The normalized spacial score (nSPS) is 19.8. The lowest BCUT2D eigenvalue weighted by Crippen LogP contribution is -2.40. The van der Waals surface area contributed by atoms with Crippen LogP contribution in [0.1, 0.15) is 34.7 Å². The number of H-pyrrole nitrogens is 1. The number of carbonyl (C=O) groups is 2. The van der Waals surface area contributed by atoms with Gasteiger partial charge in [0.25, 0.3) is 5.91 Å². The van der Waals surface area contributed by atoms with Gasteiger partial charge in [-0.2, -0.15) is 15.4 Å². The molecule has 0 radical (unpaired) electrons. The zero-order chi connectivity index (χ0) is 21.4. The standard InChI is InChI=1S/C24H20N4O3/c29-22(30)14-24(25-23(31)18-10-11-20-21(12-18)27-28-26-20)13-19(24)17-8-6-16(7-9-17)15-4-2-1-3-5-15/h1-12,19H,13-14H2,(H,25,31)(H,29,30)(H,26,27,28)/t19-,24?/m0/s1. The number of hydrogen-bond acceptors (Lipinski definition) is 4. The second-order valence-corrected chi connectivity index (χ2v) is 7.95. The van der Waals surface area contributed by atoms with Crippen LogP contribution >= 0.6 is 0 Å². The van der Waals surface area contributed by atoms with E-state index in [9.17, 15) is 14.7 Å². The Bertz CT molecular complexity index is 1270. The molecular weight excluding hydrogens is 392 g/mol. The summed E-state index contributed by atoms with van der Waals surface area (Å²) in [5, 5.41) is 23.0. The minimum absolute atomic E-state index is 0.0480. The van der Waals surface area contributed by atoms with Gasteiger partial charge < -0.3 is 10.4 Å². The van der Waals surface area contributed by atoms with Crippen LogP contribution in [-0.4, -0.2) is 37.9 Å². The van der Waals surface area contributed by atoms with Crippen LogP contribution in [0.25, 0.3) is 22.2 Å². The Kier molecular flexibility index (Phi) is 4.51. The molecule has 1 amide bonds. The summed E-state index contributed by atoms with van der Waals surface area (Å²) in [5.74, 6) is -1.29. The third-order valence-corrected chi connectivity index (χ3v) is 5.90. The van der Waals surface area contributed by atoms with Gasteiger partial charge in [-0.3, -0.25) is 9.59 Å². The van der Waals surface area contributed by atoms with E-state index in [0.29, 0.717) is 23.0 Å². The molecule has 1 heterocycles. The van der Waals surface area contributed by atoms with Crippen LogP contribution < -0.4 is 5.32 Å². The highest BCUT2D eigenvalue weighted by atomic mass is 16.4. The first kappa shape index (κ1) is 19.0. The van der Waals surface area contributed by atoms with E-state index in [1.807, 2.05) is 54.6 Å². The van der Waals surface area contributed by atoms with Gasteiger partial charge >= 0.3 is 5.97 Å². The molecule has 1 saturated carbocycles. The number of hydrogen-bond donors (Lipinski definition) is 3. The van der Waals surface area contributed by atoms with Gasteiger partial charge in [0.15, 0.2) is 0 Å². The summed E-state index contributed by atoms with van der Waals surface area (Å²) in [4.78, 5) is 24.5. The predicted molar refractivity (Wildman–Crippen MR) is 116 cm³/mol. The maximum Gasteiger partial charge on any atom is 0.305 e. The zero-order valence-electron chi connectivity index (χ0n) is 16.6. The molecule has 4 aromatic rings. The van der Waals surface area contributed by atoms with E-state index in [0.717, 1.165) is 16.7 Å². The van der Waals surface area contributed by atoms with Gasteiger partial charge in [0, 0.05) is 11.5 Å². The van der Waals surface area contributed by atoms with E-state index in [1.54, 1.807) is 18.2 Å². The molecule has 154 valence electrons. The molecule has 0 saturated heterocycles. The molecule has 1 aliphatic carbocycles. The Morgan fingerprint density at radius 1 is 0.968 bits per heavy atom. The molecule has 3 aromatic carbocycles. The smallest absolute Gasteiger partial charge is 0.305 e. The number of fused-ring (bicyclic) bond motifs is 1. The summed E-state index contributed by atoms with van der Waals surface area (Å²) in [7, 11) is 0. The van der Waals surface area contributed by atoms with Crippen LogP contribution in [0.3, 0.4) is 0 Å². The van der Waals surface area contributed by atoms with E-state index in [4.69, 9.17) is 0 Å². The van der Waals surface area contributed by atoms with Gasteiger partial charge in [-0.15, -0.1) is 0 Å². The van der Waals surface area contributed by atoms with E-state index in [2.05, 4.69) is 20.7 Å². The van der Waals surface area contributed by atoms with Crippen LogP contribution in [0.5, 0.6) is 0 Å². The molecule has 7 heteroatoms. The van der Waals surface area contributed by atoms with Crippen LogP contribution in [0, 0.1) is 0 Å². The maximum atomic E-state index is 12.9. The van der Waals surface area contributed by atoms with Crippen molar-refractivity contribution in [1.29, 1.82) is 0 Å². The number of nitrogens with zero attached hydrogens (tertiary/aromatic N) is 2.